The monoisotopic (exact) mass is 599 g/mol. The minimum Gasteiger partial charge on any atom is -0.495 e. The largest absolute Gasteiger partial charge is 0.495 e. The SMILES string of the molecule is CC[C@H](C)NC(=O)[C@@H](C)N(Cc1ccc(Cl)cc1)C(=O)CN(c1cc(C)ccc1OC)S(=O)(=O)c1ccc(C)cc1. The molecule has 2 atom stereocenters. The van der Waals surface area contributed by atoms with Gasteiger partial charge in [0, 0.05) is 17.6 Å². The van der Waals surface area contributed by atoms with Gasteiger partial charge in [-0.2, -0.15) is 0 Å². The van der Waals surface area contributed by atoms with E-state index in [4.69, 9.17) is 16.3 Å². The highest BCUT2D eigenvalue weighted by Crippen LogP contribution is 2.34. The number of carbonyl (C=O) groups excluding carboxylic acids is 2. The third-order valence-corrected chi connectivity index (χ3v) is 8.95. The maximum atomic E-state index is 14.1. The normalized spacial score (nSPS) is 12.8. The van der Waals surface area contributed by atoms with Gasteiger partial charge in [-0.1, -0.05) is 54.4 Å². The first kappa shape index (κ1) is 32.0. The fourth-order valence-electron chi connectivity index (χ4n) is 4.18. The number of ether oxygens (including phenoxy) is 1. The van der Waals surface area contributed by atoms with Crippen LogP contribution in [0.15, 0.2) is 71.6 Å². The van der Waals surface area contributed by atoms with Crippen molar-refractivity contribution in [3.05, 3.63) is 88.4 Å². The molecule has 41 heavy (non-hydrogen) atoms. The van der Waals surface area contributed by atoms with E-state index in [9.17, 15) is 18.0 Å². The minimum atomic E-state index is -4.21. The van der Waals surface area contributed by atoms with Gasteiger partial charge in [0.15, 0.2) is 0 Å². The molecule has 0 saturated carbocycles. The molecule has 2 amide bonds. The minimum absolute atomic E-state index is 0.0336. The third-order valence-electron chi connectivity index (χ3n) is 6.93. The van der Waals surface area contributed by atoms with Crippen molar-refractivity contribution in [1.82, 2.24) is 10.2 Å². The number of amides is 2. The van der Waals surface area contributed by atoms with Crippen LogP contribution in [0, 0.1) is 13.8 Å². The second-order valence-electron chi connectivity index (χ2n) is 10.1. The van der Waals surface area contributed by atoms with E-state index < -0.39 is 28.5 Å². The summed E-state index contributed by atoms with van der Waals surface area (Å²) in [6, 6.07) is 17.5. The number of hydrogen-bond acceptors (Lipinski definition) is 5. The van der Waals surface area contributed by atoms with Crippen LogP contribution in [-0.2, 0) is 26.2 Å². The predicted molar refractivity (Wildman–Crippen MR) is 163 cm³/mol. The zero-order valence-corrected chi connectivity index (χ0v) is 25.9. The smallest absolute Gasteiger partial charge is 0.264 e. The van der Waals surface area contributed by atoms with Crippen molar-refractivity contribution in [2.24, 2.45) is 0 Å². The first-order valence-electron chi connectivity index (χ1n) is 13.5. The van der Waals surface area contributed by atoms with Crippen LogP contribution in [0.4, 0.5) is 5.69 Å². The summed E-state index contributed by atoms with van der Waals surface area (Å²) in [6.07, 6.45) is 0.722. The van der Waals surface area contributed by atoms with Gasteiger partial charge < -0.3 is 15.0 Å². The first-order valence-corrected chi connectivity index (χ1v) is 15.3. The van der Waals surface area contributed by atoms with E-state index in [-0.39, 0.29) is 29.1 Å². The highest BCUT2D eigenvalue weighted by molar-refractivity contribution is 7.92. The van der Waals surface area contributed by atoms with Crippen molar-refractivity contribution in [2.75, 3.05) is 18.0 Å². The van der Waals surface area contributed by atoms with Crippen molar-refractivity contribution in [2.45, 2.75) is 64.6 Å². The standard InChI is InChI=1S/C31H38ClN3O5S/c1-7-23(4)33-31(37)24(5)34(19-25-11-13-26(32)14-12-25)30(36)20-35(28-18-22(3)10-17-29(28)40-6)41(38,39)27-15-8-21(2)9-16-27/h8-18,23-24H,7,19-20H2,1-6H3,(H,33,37)/t23-,24+/m0/s1. The van der Waals surface area contributed by atoms with Crippen molar-refractivity contribution < 1.29 is 22.7 Å². The number of carbonyl (C=O) groups is 2. The van der Waals surface area contributed by atoms with Crippen LogP contribution in [0.1, 0.15) is 43.9 Å². The molecule has 0 unspecified atom stereocenters. The highest BCUT2D eigenvalue weighted by atomic mass is 35.5. The maximum absolute atomic E-state index is 14.1. The third kappa shape index (κ3) is 8.01. The zero-order chi connectivity index (χ0) is 30.3. The Balaban J connectivity index is 2.09. The number of benzene rings is 3. The summed E-state index contributed by atoms with van der Waals surface area (Å²) in [5.41, 5.74) is 2.66. The van der Waals surface area contributed by atoms with Crippen LogP contribution in [0.25, 0.3) is 0 Å². The summed E-state index contributed by atoms with van der Waals surface area (Å²) in [6.45, 7) is 8.69. The van der Waals surface area contributed by atoms with Gasteiger partial charge in [0.1, 0.15) is 18.3 Å². The lowest BCUT2D eigenvalue weighted by atomic mass is 10.1. The van der Waals surface area contributed by atoms with Crippen LogP contribution >= 0.6 is 11.6 Å². The molecule has 0 fully saturated rings. The van der Waals surface area contributed by atoms with Gasteiger partial charge in [0.2, 0.25) is 11.8 Å². The van der Waals surface area contributed by atoms with Crippen molar-refractivity contribution in [3.8, 4) is 5.75 Å². The molecule has 3 aromatic rings. The zero-order valence-electron chi connectivity index (χ0n) is 24.3. The molecule has 0 aliphatic carbocycles. The Labute approximate surface area is 248 Å². The van der Waals surface area contributed by atoms with Gasteiger partial charge in [-0.05, 0) is 81.6 Å². The molecule has 0 heterocycles. The summed E-state index contributed by atoms with van der Waals surface area (Å²) >= 11 is 6.06. The Morgan fingerprint density at radius 2 is 1.56 bits per heavy atom. The molecule has 0 spiro atoms. The van der Waals surface area contributed by atoms with Gasteiger partial charge in [-0.3, -0.25) is 13.9 Å². The number of sulfonamides is 1. The van der Waals surface area contributed by atoms with E-state index in [0.29, 0.717) is 10.8 Å². The van der Waals surface area contributed by atoms with Crippen molar-refractivity contribution in [3.63, 3.8) is 0 Å². The highest BCUT2D eigenvalue weighted by Gasteiger charge is 2.34. The fourth-order valence-corrected chi connectivity index (χ4v) is 5.72. The van der Waals surface area contributed by atoms with Gasteiger partial charge >= 0.3 is 0 Å². The number of halogens is 1. The summed E-state index contributed by atoms with van der Waals surface area (Å²) in [4.78, 5) is 28.7. The van der Waals surface area contributed by atoms with Crippen molar-refractivity contribution >= 4 is 39.1 Å². The maximum Gasteiger partial charge on any atom is 0.264 e. The average Bonchev–Trinajstić information content (AvgIpc) is 2.95. The van der Waals surface area contributed by atoms with E-state index in [2.05, 4.69) is 5.32 Å². The van der Waals surface area contributed by atoms with Crippen molar-refractivity contribution in [1.29, 1.82) is 0 Å². The molecule has 220 valence electrons. The molecule has 3 rings (SSSR count). The fraction of sp³-hybridized carbons (Fsp3) is 0.355. The number of nitrogens with one attached hydrogen (secondary N) is 1. The first-order chi connectivity index (χ1) is 19.4. The number of rotatable bonds is 12. The van der Waals surface area contributed by atoms with Crippen LogP contribution in [0.2, 0.25) is 5.02 Å². The number of methoxy groups -OCH3 is 1. The van der Waals surface area contributed by atoms with E-state index in [1.54, 1.807) is 61.5 Å². The number of nitrogens with zero attached hydrogens (tertiary/aromatic N) is 2. The number of anilines is 1. The molecular formula is C31H38ClN3O5S. The van der Waals surface area contributed by atoms with E-state index in [1.807, 2.05) is 27.7 Å². The Morgan fingerprint density at radius 1 is 0.951 bits per heavy atom. The van der Waals surface area contributed by atoms with Gasteiger partial charge in [0.25, 0.3) is 10.0 Å². The van der Waals surface area contributed by atoms with E-state index in [1.165, 1.54) is 24.1 Å². The Hall–Kier alpha value is -3.56. The molecule has 0 aliphatic rings. The molecule has 3 aromatic carbocycles. The Bertz CT molecular complexity index is 1460. The summed E-state index contributed by atoms with van der Waals surface area (Å²) < 4.78 is 34.7. The van der Waals surface area contributed by atoms with Crippen LogP contribution < -0.4 is 14.4 Å². The average molecular weight is 600 g/mol. The molecule has 10 heteroatoms. The molecule has 0 aromatic heterocycles. The van der Waals surface area contributed by atoms with Crippen LogP contribution in [-0.4, -0.2) is 50.9 Å². The van der Waals surface area contributed by atoms with E-state index >= 15 is 0 Å². The summed E-state index contributed by atoms with van der Waals surface area (Å²) in [5, 5.41) is 3.46. The predicted octanol–water partition coefficient (Wildman–Crippen LogP) is 5.49. The molecule has 0 saturated heterocycles. The number of hydrogen-bond donors (Lipinski definition) is 1. The Kier molecular flexibility index (Phi) is 10.8. The molecule has 0 radical (unpaired) electrons. The lowest BCUT2D eigenvalue weighted by Crippen LogP contribution is -2.52. The summed E-state index contributed by atoms with van der Waals surface area (Å²) in [5.74, 6) is -0.584. The molecule has 1 N–H and O–H groups in total. The van der Waals surface area contributed by atoms with E-state index in [0.717, 1.165) is 27.4 Å². The molecule has 0 bridgehead atoms. The lowest BCUT2D eigenvalue weighted by Gasteiger charge is -2.33. The lowest BCUT2D eigenvalue weighted by molar-refractivity contribution is -0.139. The van der Waals surface area contributed by atoms with Gasteiger partial charge in [-0.15, -0.1) is 0 Å². The van der Waals surface area contributed by atoms with Gasteiger partial charge in [0.05, 0.1) is 17.7 Å². The number of aryl methyl sites for hydroxylation is 2. The summed E-state index contributed by atoms with van der Waals surface area (Å²) in [7, 11) is -2.76. The van der Waals surface area contributed by atoms with Crippen LogP contribution in [0.5, 0.6) is 5.75 Å². The Morgan fingerprint density at radius 3 is 2.15 bits per heavy atom. The quantitative estimate of drug-likeness (QED) is 0.297. The molecule has 0 aliphatic heterocycles. The second kappa shape index (κ2) is 13.9. The van der Waals surface area contributed by atoms with Gasteiger partial charge in [-0.25, -0.2) is 8.42 Å². The molecule has 8 nitrogen and oxygen atoms in total. The second-order valence-corrected chi connectivity index (χ2v) is 12.4. The van der Waals surface area contributed by atoms with Crippen LogP contribution in [0.3, 0.4) is 0 Å². The topological polar surface area (TPSA) is 96.0 Å². The molecular weight excluding hydrogens is 562 g/mol.